The summed E-state index contributed by atoms with van der Waals surface area (Å²) in [7, 11) is 2.03. The fraction of sp³-hybridized carbons (Fsp3) is 0.792. The van der Waals surface area contributed by atoms with Crippen LogP contribution in [-0.2, 0) is 16.0 Å². The molecule has 0 aromatic carbocycles. The van der Waals surface area contributed by atoms with Crippen LogP contribution in [0.25, 0.3) is 0 Å². The van der Waals surface area contributed by atoms with Crippen LogP contribution >= 0.6 is 8.58 Å². The van der Waals surface area contributed by atoms with Gasteiger partial charge in [-0.25, -0.2) is 14.3 Å². The van der Waals surface area contributed by atoms with Crippen LogP contribution in [0.15, 0.2) is 12.5 Å². The molecule has 0 spiro atoms. The molecule has 0 amide bonds. The minimum absolute atomic E-state index is 0.0674. The molecule has 0 saturated carbocycles. The number of nitrogens with zero attached hydrogens (tertiary/aromatic N) is 2. The molecule has 3 atom stereocenters. The zero-order chi connectivity index (χ0) is 24.6. The Morgan fingerprint density at radius 3 is 2.06 bits per heavy atom. The maximum absolute atomic E-state index is 13.1. The predicted octanol–water partition coefficient (Wildman–Crippen LogP) is 5.88. The molecule has 0 saturated heterocycles. The summed E-state index contributed by atoms with van der Waals surface area (Å²) in [5, 5.41) is 3.14. The van der Waals surface area contributed by atoms with Crippen molar-refractivity contribution in [2.24, 2.45) is 10.8 Å². The molecule has 1 rings (SSSR count). The van der Waals surface area contributed by atoms with Crippen molar-refractivity contribution in [3.8, 4) is 0 Å². The topological polar surface area (TPSA) is 73.2 Å². The third-order valence-electron chi connectivity index (χ3n) is 4.50. The third kappa shape index (κ3) is 11.8. The number of nitrogens with one attached hydrogen (secondary N) is 1. The van der Waals surface area contributed by atoms with Gasteiger partial charge >= 0.3 is 6.09 Å². The Hall–Kier alpha value is -1.26. The molecule has 31 heavy (non-hydrogen) atoms. The summed E-state index contributed by atoms with van der Waals surface area (Å²) < 4.78 is 6.69. The number of hydrogen-bond donors (Lipinski definition) is 1. The van der Waals surface area contributed by atoms with Crippen molar-refractivity contribution in [3.05, 3.63) is 18.2 Å². The lowest BCUT2D eigenvalue weighted by atomic mass is 9.81. The largest absolute Gasteiger partial charge is 0.443 e. The van der Waals surface area contributed by atoms with E-state index in [9.17, 15) is 9.59 Å². The Kier molecular flexibility index (Phi) is 11.6. The molecule has 0 bridgehead atoms. The Morgan fingerprint density at radius 1 is 1.10 bits per heavy atom. The smallest absolute Gasteiger partial charge is 0.419 e. The van der Waals surface area contributed by atoms with E-state index in [0.29, 0.717) is 17.8 Å². The van der Waals surface area contributed by atoms with E-state index in [0.717, 1.165) is 6.42 Å². The number of rotatable bonds is 7. The molecule has 0 aliphatic heterocycles. The first-order valence-corrected chi connectivity index (χ1v) is 12.3. The van der Waals surface area contributed by atoms with E-state index in [-0.39, 0.29) is 31.0 Å². The van der Waals surface area contributed by atoms with Gasteiger partial charge in [0.2, 0.25) is 0 Å². The van der Waals surface area contributed by atoms with Crippen LogP contribution in [0.1, 0.15) is 88.3 Å². The highest BCUT2D eigenvalue weighted by Crippen LogP contribution is 2.42. The molecular formula is C24H46N3O3P. The van der Waals surface area contributed by atoms with Gasteiger partial charge in [-0.3, -0.25) is 4.79 Å². The first-order valence-electron chi connectivity index (χ1n) is 11.3. The molecule has 0 radical (unpaired) electrons. The minimum Gasteiger partial charge on any atom is -0.443 e. The lowest BCUT2D eigenvalue weighted by Gasteiger charge is -2.36. The first-order chi connectivity index (χ1) is 14.0. The lowest BCUT2D eigenvalue weighted by molar-refractivity contribution is -0.113. The molecule has 7 heteroatoms. The SMILES string of the molecule is CC.CNC(Cc1cn(C(=O)OC(C)(C)C)cn1)C(=O)PC(CC(C)(C)C)C(C)(C)C. The van der Waals surface area contributed by atoms with Gasteiger partial charge in [0.1, 0.15) is 11.9 Å². The third-order valence-corrected chi connectivity index (χ3v) is 6.55. The van der Waals surface area contributed by atoms with Crippen LogP contribution in [0.2, 0.25) is 0 Å². The molecule has 6 nitrogen and oxygen atoms in total. The lowest BCUT2D eigenvalue weighted by Crippen LogP contribution is -2.37. The van der Waals surface area contributed by atoms with Gasteiger partial charge in [-0.2, -0.15) is 0 Å². The van der Waals surface area contributed by atoms with Gasteiger partial charge in [0.15, 0.2) is 5.52 Å². The fourth-order valence-electron chi connectivity index (χ4n) is 2.88. The average molecular weight is 456 g/mol. The van der Waals surface area contributed by atoms with E-state index in [1.807, 2.05) is 34.6 Å². The maximum Gasteiger partial charge on any atom is 0.419 e. The summed E-state index contributed by atoms with van der Waals surface area (Å²) in [5.74, 6) is 0. The monoisotopic (exact) mass is 455 g/mol. The molecule has 1 N–H and O–H groups in total. The molecule has 3 unspecified atom stereocenters. The molecule has 1 heterocycles. The van der Waals surface area contributed by atoms with Crippen molar-refractivity contribution in [1.82, 2.24) is 14.9 Å². The van der Waals surface area contributed by atoms with Gasteiger partial charge in [-0.05, 0) is 59.3 Å². The van der Waals surface area contributed by atoms with E-state index in [4.69, 9.17) is 4.74 Å². The van der Waals surface area contributed by atoms with Crippen LogP contribution in [0, 0.1) is 10.8 Å². The Morgan fingerprint density at radius 2 is 1.65 bits per heavy atom. The number of hydrogen-bond acceptors (Lipinski definition) is 5. The second-order valence-corrected chi connectivity index (χ2v) is 12.5. The Bertz CT molecular complexity index is 694. The number of aromatic nitrogens is 2. The summed E-state index contributed by atoms with van der Waals surface area (Å²) in [4.78, 5) is 29.5. The molecular weight excluding hydrogens is 409 g/mol. The number of ether oxygens (including phenoxy) is 1. The minimum atomic E-state index is -0.568. The quantitative estimate of drug-likeness (QED) is 0.520. The van der Waals surface area contributed by atoms with Gasteiger partial charge in [-0.15, -0.1) is 0 Å². The fourth-order valence-corrected chi connectivity index (χ4v) is 4.82. The molecule has 0 aliphatic carbocycles. The van der Waals surface area contributed by atoms with Crippen molar-refractivity contribution in [1.29, 1.82) is 0 Å². The highest BCUT2D eigenvalue weighted by atomic mass is 31.1. The van der Waals surface area contributed by atoms with E-state index >= 15 is 0 Å². The number of carbonyl (C=O) groups is 2. The highest BCUT2D eigenvalue weighted by molar-refractivity contribution is 7.58. The van der Waals surface area contributed by atoms with Crippen LogP contribution in [0.5, 0.6) is 0 Å². The van der Waals surface area contributed by atoms with Crippen LogP contribution in [-0.4, -0.2) is 45.5 Å². The molecule has 0 fully saturated rings. The van der Waals surface area contributed by atoms with E-state index in [2.05, 4.69) is 51.8 Å². The summed E-state index contributed by atoms with van der Waals surface area (Å²) in [6.07, 6.45) is 4.07. The van der Waals surface area contributed by atoms with Crippen LogP contribution in [0.3, 0.4) is 0 Å². The maximum atomic E-state index is 13.1. The van der Waals surface area contributed by atoms with Crippen molar-refractivity contribution in [2.75, 3.05) is 7.05 Å². The van der Waals surface area contributed by atoms with E-state index in [1.54, 1.807) is 13.2 Å². The summed E-state index contributed by atoms with van der Waals surface area (Å²) >= 11 is 0. The van der Waals surface area contributed by atoms with Gasteiger partial charge in [0, 0.05) is 12.6 Å². The first kappa shape index (κ1) is 29.7. The number of likely N-dealkylation sites (N-methyl/N-ethyl adjacent to an activating group) is 1. The van der Waals surface area contributed by atoms with Crippen molar-refractivity contribution < 1.29 is 14.3 Å². The summed E-state index contributed by atoms with van der Waals surface area (Å²) in [6.45, 7) is 22.8. The normalized spacial score (nSPS) is 14.7. The van der Waals surface area contributed by atoms with Gasteiger partial charge in [0.05, 0.1) is 11.7 Å². The Labute approximate surface area is 192 Å². The van der Waals surface area contributed by atoms with Gasteiger partial charge in [-0.1, -0.05) is 55.4 Å². The van der Waals surface area contributed by atoms with Gasteiger partial charge < -0.3 is 10.1 Å². The molecule has 1 aromatic rings. The Balaban J connectivity index is 0.00000436. The van der Waals surface area contributed by atoms with E-state index in [1.165, 1.54) is 10.9 Å². The molecule has 180 valence electrons. The molecule has 0 aliphatic rings. The second-order valence-electron chi connectivity index (χ2n) is 11.0. The second kappa shape index (κ2) is 12.1. The van der Waals surface area contributed by atoms with Crippen LogP contribution < -0.4 is 5.32 Å². The summed E-state index contributed by atoms with van der Waals surface area (Å²) in [5.41, 5.74) is 0.899. The van der Waals surface area contributed by atoms with E-state index < -0.39 is 11.7 Å². The highest BCUT2D eigenvalue weighted by Gasteiger charge is 2.32. The predicted molar refractivity (Wildman–Crippen MR) is 132 cm³/mol. The number of carbonyl (C=O) groups excluding carboxylic acids is 2. The zero-order valence-corrected chi connectivity index (χ0v) is 22.8. The number of imidazole rings is 1. The van der Waals surface area contributed by atoms with Crippen molar-refractivity contribution in [3.63, 3.8) is 0 Å². The standard InChI is InChI=1S/C22H40N3O3P.C2H6/c1-20(2,3)12-17(21(4,5)6)29-18(26)16(23-10)11-15-13-25(14-24-15)19(27)28-22(7,8)9;1-2/h13-14,16-17,23,29H,11-12H2,1-10H3;1-2H3. The molecule has 1 aromatic heterocycles. The van der Waals surface area contributed by atoms with Crippen molar-refractivity contribution in [2.45, 2.75) is 106 Å². The summed E-state index contributed by atoms with van der Waals surface area (Å²) in [6, 6.07) is -0.319. The zero-order valence-electron chi connectivity index (χ0n) is 21.8. The van der Waals surface area contributed by atoms with Crippen molar-refractivity contribution >= 4 is 20.2 Å². The van der Waals surface area contributed by atoms with Gasteiger partial charge in [0.25, 0.3) is 0 Å². The van der Waals surface area contributed by atoms with Crippen LogP contribution in [0.4, 0.5) is 4.79 Å². The average Bonchev–Trinajstić information content (AvgIpc) is 3.06.